The topological polar surface area (TPSA) is 3.24 Å². The fourth-order valence-electron chi connectivity index (χ4n) is 2.77. The molecule has 2 aliphatic rings. The minimum atomic E-state index is -5.58. The highest BCUT2D eigenvalue weighted by atomic mass is 19.4. The van der Waals surface area contributed by atoms with Crippen molar-refractivity contribution in [3.05, 3.63) is 0 Å². The van der Waals surface area contributed by atoms with E-state index in [-0.39, 0.29) is 0 Å². The zero-order valence-electron chi connectivity index (χ0n) is 9.92. The van der Waals surface area contributed by atoms with Crippen LogP contribution in [-0.4, -0.2) is 60.6 Å². The summed E-state index contributed by atoms with van der Waals surface area (Å²) in [7, 11) is 0. The van der Waals surface area contributed by atoms with Gasteiger partial charge in [-0.15, -0.1) is 0 Å². The molecular weight excluding hydrogens is 324 g/mol. The zero-order chi connectivity index (χ0) is 16.3. The summed E-state index contributed by atoms with van der Waals surface area (Å²) < 4.78 is 132. The van der Waals surface area contributed by atoms with Crippen molar-refractivity contribution in [1.82, 2.24) is 4.90 Å². The predicted molar refractivity (Wildman–Crippen MR) is 49.4 cm³/mol. The van der Waals surface area contributed by atoms with Gasteiger partial charge in [-0.1, -0.05) is 0 Å². The number of rotatable bonds is 0. The molecule has 11 heteroatoms. The summed E-state index contributed by atoms with van der Waals surface area (Å²) in [5, 5.41) is 0. The van der Waals surface area contributed by atoms with Gasteiger partial charge in [0, 0.05) is 0 Å². The van der Waals surface area contributed by atoms with Gasteiger partial charge >= 0.3 is 6.18 Å². The third kappa shape index (κ3) is 2.36. The molecule has 2 aliphatic heterocycles. The van der Waals surface area contributed by atoms with Gasteiger partial charge in [0.2, 0.25) is 0 Å². The van der Waals surface area contributed by atoms with Gasteiger partial charge in [0.1, 0.15) is 12.1 Å². The summed E-state index contributed by atoms with van der Waals surface area (Å²) in [6, 6.07) is -3.01. The highest BCUT2D eigenvalue weighted by molar-refractivity contribution is 5.09. The van der Waals surface area contributed by atoms with E-state index < -0.39 is 66.5 Å². The molecule has 0 bridgehead atoms. The van der Waals surface area contributed by atoms with Gasteiger partial charge in [-0.05, 0) is 0 Å². The number of fused-ring (bicyclic) bond motifs is 1. The molecule has 9 atom stereocenters. The maximum atomic E-state index is 13.6. The van der Waals surface area contributed by atoms with Crippen LogP contribution >= 0.6 is 0 Å². The molecule has 9 unspecified atom stereocenters. The number of nitrogens with zero attached hydrogens (tertiary/aromatic N) is 1. The molecule has 0 radical (unpaired) electrons. The fraction of sp³-hybridized carbons (Fsp3) is 1.00. The molecule has 2 saturated heterocycles. The van der Waals surface area contributed by atoms with Gasteiger partial charge in [0.15, 0.2) is 37.3 Å². The first kappa shape index (κ1) is 16.6. The minimum Gasteiger partial charge on any atom is -0.243 e. The summed E-state index contributed by atoms with van der Waals surface area (Å²) >= 11 is 0. The van der Waals surface area contributed by atoms with Gasteiger partial charge in [0.05, 0.1) is 6.04 Å². The van der Waals surface area contributed by atoms with E-state index in [4.69, 9.17) is 0 Å². The van der Waals surface area contributed by atoms with Crippen molar-refractivity contribution >= 4 is 0 Å². The van der Waals surface area contributed by atoms with Gasteiger partial charge in [-0.3, -0.25) is 0 Å². The van der Waals surface area contributed by atoms with E-state index in [1.54, 1.807) is 0 Å². The lowest BCUT2D eigenvalue weighted by atomic mass is 9.78. The molecule has 2 heterocycles. The fourth-order valence-corrected chi connectivity index (χ4v) is 2.77. The average Bonchev–Trinajstić information content (AvgIpc) is 2.38. The van der Waals surface area contributed by atoms with Crippen molar-refractivity contribution < 1.29 is 43.9 Å². The average molecular weight is 333 g/mol. The molecule has 1 nitrogen and oxygen atoms in total. The van der Waals surface area contributed by atoms with Crippen molar-refractivity contribution in [3.63, 3.8) is 0 Å². The van der Waals surface area contributed by atoms with E-state index in [1.807, 2.05) is 0 Å². The summed E-state index contributed by atoms with van der Waals surface area (Å²) in [6.45, 7) is 0. The summed E-state index contributed by atoms with van der Waals surface area (Å²) in [6.07, 6.45) is -29.3. The van der Waals surface area contributed by atoms with Crippen LogP contribution in [0.25, 0.3) is 0 Å². The number of hydrogen-bond donors (Lipinski definition) is 0. The number of halogens is 10. The Balaban J connectivity index is 2.49. The minimum absolute atomic E-state index is 0.732. The van der Waals surface area contributed by atoms with Crippen molar-refractivity contribution in [3.8, 4) is 0 Å². The maximum absolute atomic E-state index is 13.6. The third-order valence-electron chi connectivity index (χ3n) is 3.77. The van der Waals surface area contributed by atoms with Crippen molar-refractivity contribution in [2.75, 3.05) is 0 Å². The Morgan fingerprint density at radius 3 is 1.43 bits per heavy atom. The maximum Gasteiger partial charge on any atom is 0.396 e. The lowest BCUT2D eigenvalue weighted by Gasteiger charge is -2.52. The first-order valence-corrected chi connectivity index (χ1v) is 5.82. The quantitative estimate of drug-likeness (QED) is 0.486. The molecule has 0 aromatic heterocycles. The van der Waals surface area contributed by atoms with Crippen molar-refractivity contribution in [2.45, 2.75) is 55.7 Å². The first-order chi connectivity index (χ1) is 9.50. The van der Waals surface area contributed by atoms with Crippen LogP contribution in [0.3, 0.4) is 0 Å². The van der Waals surface area contributed by atoms with Crippen LogP contribution < -0.4 is 0 Å². The predicted octanol–water partition coefficient (Wildman–Crippen LogP) is 3.14. The van der Waals surface area contributed by atoms with Gasteiger partial charge in [-0.2, -0.15) is 13.2 Å². The second kappa shape index (κ2) is 5.17. The van der Waals surface area contributed by atoms with Crippen molar-refractivity contribution in [1.29, 1.82) is 0 Å². The second-order valence-electron chi connectivity index (χ2n) is 4.97. The molecule has 0 aromatic rings. The Morgan fingerprint density at radius 1 is 0.571 bits per heavy atom. The Labute approximate surface area is 111 Å². The molecular formula is C10H9F10N. The second-order valence-corrected chi connectivity index (χ2v) is 4.97. The Morgan fingerprint density at radius 2 is 1.00 bits per heavy atom. The Kier molecular flexibility index (Phi) is 4.09. The van der Waals surface area contributed by atoms with Gasteiger partial charge < -0.3 is 0 Å². The molecule has 21 heavy (non-hydrogen) atoms. The standard InChI is InChI=1S/C10H9F10N/c11-2-1(10(18,19)20)7-4(13)3(12)6(15)9(17)21(7)8(16)5(2)14/h1-9H. The zero-order valence-corrected chi connectivity index (χ0v) is 9.92. The number of alkyl halides is 10. The van der Waals surface area contributed by atoms with Crippen LogP contribution in [0.15, 0.2) is 0 Å². The number of piperidine rings is 2. The largest absolute Gasteiger partial charge is 0.396 e. The highest BCUT2D eigenvalue weighted by Gasteiger charge is 2.68. The first-order valence-electron chi connectivity index (χ1n) is 5.82. The normalized spacial score (nSPS) is 52.6. The van der Waals surface area contributed by atoms with Crippen LogP contribution in [0.4, 0.5) is 43.9 Å². The monoisotopic (exact) mass is 333 g/mol. The van der Waals surface area contributed by atoms with Gasteiger partial charge in [0.25, 0.3) is 0 Å². The van der Waals surface area contributed by atoms with Crippen LogP contribution in [0, 0.1) is 5.92 Å². The molecule has 0 aromatic carbocycles. The van der Waals surface area contributed by atoms with E-state index in [0.29, 0.717) is 0 Å². The van der Waals surface area contributed by atoms with Crippen LogP contribution in [0.1, 0.15) is 0 Å². The molecule has 0 amide bonds. The lowest BCUT2D eigenvalue weighted by Crippen LogP contribution is -2.73. The molecule has 0 spiro atoms. The van der Waals surface area contributed by atoms with E-state index in [9.17, 15) is 43.9 Å². The van der Waals surface area contributed by atoms with E-state index in [0.717, 1.165) is 0 Å². The molecule has 2 fully saturated rings. The van der Waals surface area contributed by atoms with Crippen LogP contribution in [0.2, 0.25) is 0 Å². The molecule has 0 aliphatic carbocycles. The van der Waals surface area contributed by atoms with Crippen LogP contribution in [-0.2, 0) is 0 Å². The Hall–Kier alpha value is -0.740. The van der Waals surface area contributed by atoms with E-state index in [2.05, 4.69) is 0 Å². The summed E-state index contributed by atoms with van der Waals surface area (Å²) in [5.41, 5.74) is 0. The molecule has 124 valence electrons. The lowest BCUT2D eigenvalue weighted by molar-refractivity contribution is -0.290. The smallest absolute Gasteiger partial charge is 0.243 e. The third-order valence-corrected chi connectivity index (χ3v) is 3.77. The number of hydrogen-bond acceptors (Lipinski definition) is 1. The van der Waals surface area contributed by atoms with Crippen molar-refractivity contribution in [2.24, 2.45) is 5.92 Å². The summed E-state index contributed by atoms with van der Waals surface area (Å²) in [4.78, 5) is -0.732. The molecule has 0 N–H and O–H groups in total. The summed E-state index contributed by atoms with van der Waals surface area (Å²) in [5.74, 6) is -3.50. The Bertz CT molecular complexity index is 385. The SMILES string of the molecule is FC1C(F)C(F)N2C(F)C(F)C(F)C(C(F)(F)F)C2C1F. The van der Waals surface area contributed by atoms with Crippen LogP contribution in [0.5, 0.6) is 0 Å². The molecule has 2 rings (SSSR count). The highest BCUT2D eigenvalue weighted by Crippen LogP contribution is 2.49. The van der Waals surface area contributed by atoms with E-state index >= 15 is 0 Å². The van der Waals surface area contributed by atoms with Gasteiger partial charge in [-0.25, -0.2) is 35.6 Å². The van der Waals surface area contributed by atoms with E-state index in [1.165, 1.54) is 0 Å². The molecule has 0 saturated carbocycles.